The summed E-state index contributed by atoms with van der Waals surface area (Å²) in [6.45, 7) is 3.32. The van der Waals surface area contributed by atoms with Gasteiger partial charge in [0.25, 0.3) is 0 Å². The van der Waals surface area contributed by atoms with E-state index in [4.69, 9.17) is 0 Å². The smallest absolute Gasteiger partial charge is 0.0205 e. The van der Waals surface area contributed by atoms with Crippen molar-refractivity contribution in [2.45, 2.75) is 32.2 Å². The van der Waals surface area contributed by atoms with Crippen molar-refractivity contribution in [3.05, 3.63) is 24.0 Å². The minimum absolute atomic E-state index is 0.898. The van der Waals surface area contributed by atoms with Gasteiger partial charge in [-0.1, -0.05) is 0 Å². The second-order valence-corrected chi connectivity index (χ2v) is 2.99. The minimum Gasteiger partial charge on any atom is -0.351 e. The third kappa shape index (κ3) is 0.859. The number of rotatable bonds is 2. The van der Waals surface area contributed by atoms with E-state index < -0.39 is 0 Å². The summed E-state index contributed by atoms with van der Waals surface area (Å²) in [6.07, 6.45) is 4.99. The highest BCUT2D eigenvalue weighted by Crippen LogP contribution is 2.39. The fraction of sp³-hybridized carbons (Fsp3) is 0.556. The second kappa shape index (κ2) is 2.15. The summed E-state index contributed by atoms with van der Waals surface area (Å²) < 4.78 is 2.34. The van der Waals surface area contributed by atoms with Gasteiger partial charge in [-0.05, 0) is 37.8 Å². The highest BCUT2D eigenvalue weighted by Gasteiger charge is 2.25. The molecule has 0 aromatic carbocycles. The fourth-order valence-electron chi connectivity index (χ4n) is 1.46. The van der Waals surface area contributed by atoms with Gasteiger partial charge in [0.05, 0.1) is 0 Å². The van der Waals surface area contributed by atoms with Gasteiger partial charge in [-0.15, -0.1) is 0 Å². The summed E-state index contributed by atoms with van der Waals surface area (Å²) in [6, 6.07) is 4.40. The van der Waals surface area contributed by atoms with Crippen molar-refractivity contribution in [1.29, 1.82) is 0 Å². The molecule has 0 radical (unpaired) electrons. The summed E-state index contributed by atoms with van der Waals surface area (Å²) in [4.78, 5) is 0. The highest BCUT2D eigenvalue weighted by molar-refractivity contribution is 5.17. The van der Waals surface area contributed by atoms with Crippen molar-refractivity contribution < 1.29 is 0 Å². The topological polar surface area (TPSA) is 4.93 Å². The van der Waals surface area contributed by atoms with E-state index >= 15 is 0 Å². The Morgan fingerprint density at radius 1 is 1.60 bits per heavy atom. The predicted molar refractivity (Wildman–Crippen MR) is 42.1 cm³/mol. The van der Waals surface area contributed by atoms with E-state index in [9.17, 15) is 0 Å². The average Bonchev–Trinajstić information content (AvgIpc) is 2.69. The number of nitrogens with zero attached hydrogens (tertiary/aromatic N) is 1. The maximum atomic E-state index is 2.34. The molecule has 1 heterocycles. The molecule has 1 fully saturated rings. The Labute approximate surface area is 61.7 Å². The lowest BCUT2D eigenvalue weighted by Crippen LogP contribution is -1.96. The van der Waals surface area contributed by atoms with Crippen LogP contribution in [0.2, 0.25) is 0 Å². The third-order valence-corrected chi connectivity index (χ3v) is 2.20. The maximum absolute atomic E-state index is 2.34. The van der Waals surface area contributed by atoms with Crippen LogP contribution in [0.5, 0.6) is 0 Å². The molecule has 1 nitrogen and oxygen atoms in total. The van der Waals surface area contributed by atoms with Crippen molar-refractivity contribution in [1.82, 2.24) is 4.57 Å². The molecule has 0 aliphatic heterocycles. The minimum atomic E-state index is 0.898. The molecule has 1 aromatic heterocycles. The van der Waals surface area contributed by atoms with E-state index in [1.807, 2.05) is 0 Å². The van der Waals surface area contributed by atoms with Gasteiger partial charge < -0.3 is 4.57 Å². The molecular weight excluding hydrogens is 122 g/mol. The van der Waals surface area contributed by atoms with Crippen LogP contribution in [-0.2, 0) is 6.54 Å². The van der Waals surface area contributed by atoms with Crippen molar-refractivity contribution >= 4 is 0 Å². The first-order valence-corrected chi connectivity index (χ1v) is 4.07. The van der Waals surface area contributed by atoms with Crippen LogP contribution in [0.4, 0.5) is 0 Å². The summed E-state index contributed by atoms with van der Waals surface area (Å²) in [7, 11) is 0. The number of aryl methyl sites for hydroxylation is 1. The zero-order valence-electron chi connectivity index (χ0n) is 6.38. The van der Waals surface area contributed by atoms with E-state index in [1.54, 1.807) is 5.69 Å². The van der Waals surface area contributed by atoms with Gasteiger partial charge >= 0.3 is 0 Å². The SMILES string of the molecule is CCn1cccc1C1CC1. The van der Waals surface area contributed by atoms with Crippen LogP contribution in [0.3, 0.4) is 0 Å². The fourth-order valence-corrected chi connectivity index (χ4v) is 1.46. The molecule has 1 heteroatoms. The lowest BCUT2D eigenvalue weighted by Gasteiger charge is -2.02. The number of aromatic nitrogens is 1. The van der Waals surface area contributed by atoms with E-state index in [2.05, 4.69) is 29.8 Å². The monoisotopic (exact) mass is 135 g/mol. The Bertz CT molecular complexity index is 220. The van der Waals surface area contributed by atoms with Crippen molar-refractivity contribution in [2.75, 3.05) is 0 Å². The van der Waals surface area contributed by atoms with Gasteiger partial charge in [0.2, 0.25) is 0 Å². The maximum Gasteiger partial charge on any atom is 0.0205 e. The summed E-state index contributed by atoms with van der Waals surface area (Å²) in [5.41, 5.74) is 1.54. The Morgan fingerprint density at radius 3 is 3.00 bits per heavy atom. The van der Waals surface area contributed by atoms with Crippen LogP contribution in [0.1, 0.15) is 31.4 Å². The molecule has 0 saturated heterocycles. The molecule has 1 aromatic rings. The molecular formula is C9H13N. The largest absolute Gasteiger partial charge is 0.351 e. The van der Waals surface area contributed by atoms with Crippen molar-refractivity contribution in [2.24, 2.45) is 0 Å². The molecule has 10 heavy (non-hydrogen) atoms. The lowest BCUT2D eigenvalue weighted by atomic mass is 10.3. The number of hydrogen-bond acceptors (Lipinski definition) is 0. The van der Waals surface area contributed by atoms with Gasteiger partial charge in [-0.2, -0.15) is 0 Å². The lowest BCUT2D eigenvalue weighted by molar-refractivity contribution is 0.717. The zero-order valence-corrected chi connectivity index (χ0v) is 6.38. The normalized spacial score (nSPS) is 17.7. The Kier molecular flexibility index (Phi) is 1.30. The van der Waals surface area contributed by atoms with Crippen LogP contribution in [0.25, 0.3) is 0 Å². The van der Waals surface area contributed by atoms with Crippen LogP contribution in [0, 0.1) is 0 Å². The van der Waals surface area contributed by atoms with E-state index in [0.29, 0.717) is 0 Å². The first-order valence-electron chi connectivity index (χ1n) is 4.07. The van der Waals surface area contributed by atoms with Gasteiger partial charge in [-0.3, -0.25) is 0 Å². The van der Waals surface area contributed by atoms with Gasteiger partial charge in [0.1, 0.15) is 0 Å². The van der Waals surface area contributed by atoms with E-state index in [1.165, 1.54) is 12.8 Å². The molecule has 0 amide bonds. The van der Waals surface area contributed by atoms with Gasteiger partial charge in [-0.25, -0.2) is 0 Å². The second-order valence-electron chi connectivity index (χ2n) is 2.99. The molecule has 0 atom stereocenters. The molecule has 1 aliphatic rings. The van der Waals surface area contributed by atoms with E-state index in [-0.39, 0.29) is 0 Å². The first-order chi connectivity index (χ1) is 4.92. The van der Waals surface area contributed by atoms with Crippen LogP contribution in [-0.4, -0.2) is 4.57 Å². The molecule has 0 unspecified atom stereocenters. The van der Waals surface area contributed by atoms with Crippen LogP contribution >= 0.6 is 0 Å². The standard InChI is InChI=1S/C9H13N/c1-2-10-7-3-4-9(10)8-5-6-8/h3-4,7-8H,2,5-6H2,1H3. The molecule has 0 N–H and O–H groups in total. The number of hydrogen-bond donors (Lipinski definition) is 0. The summed E-state index contributed by atoms with van der Waals surface area (Å²) in [5.74, 6) is 0.898. The molecule has 2 rings (SSSR count). The Morgan fingerprint density at radius 2 is 2.40 bits per heavy atom. The predicted octanol–water partition coefficient (Wildman–Crippen LogP) is 2.39. The van der Waals surface area contributed by atoms with Gasteiger partial charge in [0, 0.05) is 18.4 Å². The Balaban J connectivity index is 2.28. The molecule has 1 aliphatic carbocycles. The zero-order chi connectivity index (χ0) is 6.97. The molecule has 54 valence electrons. The summed E-state index contributed by atoms with van der Waals surface area (Å²) in [5, 5.41) is 0. The first kappa shape index (κ1) is 6.02. The van der Waals surface area contributed by atoms with E-state index in [0.717, 1.165) is 12.5 Å². The molecule has 0 spiro atoms. The third-order valence-electron chi connectivity index (χ3n) is 2.20. The van der Waals surface area contributed by atoms with Crippen molar-refractivity contribution in [3.8, 4) is 0 Å². The molecule has 0 bridgehead atoms. The quantitative estimate of drug-likeness (QED) is 0.586. The van der Waals surface area contributed by atoms with Gasteiger partial charge in [0.15, 0.2) is 0 Å². The Hall–Kier alpha value is -0.720. The highest BCUT2D eigenvalue weighted by atomic mass is 15.0. The summed E-state index contributed by atoms with van der Waals surface area (Å²) >= 11 is 0. The molecule has 1 saturated carbocycles. The van der Waals surface area contributed by atoms with Crippen molar-refractivity contribution in [3.63, 3.8) is 0 Å². The van der Waals surface area contributed by atoms with Crippen LogP contribution < -0.4 is 0 Å². The average molecular weight is 135 g/mol. The van der Waals surface area contributed by atoms with Crippen LogP contribution in [0.15, 0.2) is 18.3 Å².